The summed E-state index contributed by atoms with van der Waals surface area (Å²) in [6.07, 6.45) is 1.14. The fraction of sp³-hybridized carbons (Fsp3) is 0.538. The van der Waals surface area contributed by atoms with Gasteiger partial charge in [0.25, 0.3) is 0 Å². The van der Waals surface area contributed by atoms with Crippen molar-refractivity contribution < 1.29 is 9.63 Å². The average Bonchev–Trinajstić information content (AvgIpc) is 2.36. The van der Waals surface area contributed by atoms with E-state index in [9.17, 15) is 4.79 Å². The number of nitrogens with one attached hydrogen (secondary N) is 1. The topological polar surface area (TPSA) is 76.5 Å². The van der Waals surface area contributed by atoms with Crippen molar-refractivity contribution in [3.63, 3.8) is 0 Å². The molecule has 1 rings (SSSR count). The first kappa shape index (κ1) is 16.4. The summed E-state index contributed by atoms with van der Waals surface area (Å²) in [6.45, 7) is 7.95. The number of aryl methyl sites for hydroxylation is 1. The first-order valence-corrected chi connectivity index (χ1v) is 7.20. The minimum Gasteiger partial charge on any atom is -0.323 e. The van der Waals surface area contributed by atoms with Gasteiger partial charge in [-0.2, -0.15) is 0 Å². The van der Waals surface area contributed by atoms with E-state index in [-0.39, 0.29) is 5.41 Å². The highest BCUT2D eigenvalue weighted by Gasteiger charge is 2.21. The summed E-state index contributed by atoms with van der Waals surface area (Å²) in [7, 11) is 1.49. The largest absolute Gasteiger partial charge is 0.433 e. The van der Waals surface area contributed by atoms with E-state index < -0.39 is 6.09 Å². The van der Waals surface area contributed by atoms with Crippen LogP contribution in [0.15, 0.2) is 22.6 Å². The summed E-state index contributed by atoms with van der Waals surface area (Å²) >= 11 is 1.46. The molecule has 0 saturated carbocycles. The van der Waals surface area contributed by atoms with Gasteiger partial charge in [0.1, 0.15) is 0 Å². The molecule has 1 heterocycles. The van der Waals surface area contributed by atoms with Gasteiger partial charge in [-0.05, 0) is 13.0 Å². The lowest BCUT2D eigenvalue weighted by Crippen LogP contribution is -2.25. The molecular formula is C13H20N4O2S. The molecule has 0 aliphatic heterocycles. The highest BCUT2D eigenvalue weighted by molar-refractivity contribution is 7.99. The van der Waals surface area contributed by atoms with Crippen molar-refractivity contribution in [2.24, 2.45) is 10.6 Å². The van der Waals surface area contributed by atoms with Gasteiger partial charge in [0.2, 0.25) is 0 Å². The van der Waals surface area contributed by atoms with Crippen LogP contribution in [0.5, 0.6) is 0 Å². The Labute approximate surface area is 123 Å². The molecule has 0 saturated heterocycles. The van der Waals surface area contributed by atoms with Crippen LogP contribution in [0.25, 0.3) is 0 Å². The fourth-order valence-electron chi connectivity index (χ4n) is 1.15. The lowest BCUT2D eigenvalue weighted by Gasteiger charge is -2.19. The summed E-state index contributed by atoms with van der Waals surface area (Å²) in [5.41, 5.74) is 1.47. The van der Waals surface area contributed by atoms with E-state index in [0.29, 0.717) is 10.9 Å². The van der Waals surface area contributed by atoms with Gasteiger partial charge in [-0.15, -0.1) is 0 Å². The second-order valence-electron chi connectivity index (χ2n) is 5.19. The maximum absolute atomic E-state index is 11.1. The number of carbonyl (C=O) groups is 1. The molecule has 0 unspecified atom stereocenters. The summed E-state index contributed by atoms with van der Waals surface area (Å²) in [5.74, 6) is 0.559. The molecule has 0 radical (unpaired) electrons. The molecule has 1 N–H and O–H groups in total. The number of hydrogen-bond acceptors (Lipinski definition) is 6. The first-order chi connectivity index (χ1) is 9.32. The number of rotatable bonds is 4. The van der Waals surface area contributed by atoms with Gasteiger partial charge in [0.05, 0.1) is 5.71 Å². The van der Waals surface area contributed by atoms with Crippen molar-refractivity contribution in [1.82, 2.24) is 15.3 Å². The van der Waals surface area contributed by atoms with Crippen LogP contribution in [-0.2, 0) is 4.84 Å². The highest BCUT2D eigenvalue weighted by atomic mass is 32.2. The number of aromatic nitrogens is 2. The van der Waals surface area contributed by atoms with Crippen LogP contribution in [0.4, 0.5) is 4.79 Å². The zero-order valence-electron chi connectivity index (χ0n) is 12.4. The summed E-state index contributed by atoms with van der Waals surface area (Å²) in [6, 6.07) is 1.84. The standard InChI is InChI=1S/C13H20N4O2S/c1-9-6-7-15-11(16-9)20-8-10(13(2,3)4)17-19-12(18)14-5/h6-7H,8H2,1-5H3,(H,14,18). The zero-order chi connectivity index (χ0) is 15.2. The van der Waals surface area contributed by atoms with Crippen LogP contribution in [0.3, 0.4) is 0 Å². The van der Waals surface area contributed by atoms with Crippen LogP contribution in [-0.4, -0.2) is 34.6 Å². The Morgan fingerprint density at radius 1 is 1.50 bits per heavy atom. The molecule has 0 bridgehead atoms. The molecule has 110 valence electrons. The van der Waals surface area contributed by atoms with Gasteiger partial charge in [0.15, 0.2) is 5.16 Å². The van der Waals surface area contributed by atoms with E-state index >= 15 is 0 Å². The Morgan fingerprint density at radius 2 is 2.20 bits per heavy atom. The second kappa shape index (κ2) is 7.23. The van der Waals surface area contributed by atoms with Gasteiger partial charge in [0, 0.05) is 30.1 Å². The number of thioether (sulfide) groups is 1. The maximum Gasteiger partial charge on any atom is 0.433 e. The Bertz CT molecular complexity index is 497. The fourth-order valence-corrected chi connectivity index (χ4v) is 2.25. The molecule has 0 atom stereocenters. The Balaban J connectivity index is 2.73. The van der Waals surface area contributed by atoms with Gasteiger partial charge >= 0.3 is 6.09 Å². The van der Waals surface area contributed by atoms with E-state index in [2.05, 4.69) is 20.4 Å². The van der Waals surface area contributed by atoms with Crippen molar-refractivity contribution in [3.05, 3.63) is 18.0 Å². The summed E-state index contributed by atoms with van der Waals surface area (Å²) < 4.78 is 0. The normalized spacial score (nSPS) is 12.2. The minimum absolute atomic E-state index is 0.204. The Morgan fingerprint density at radius 3 is 2.75 bits per heavy atom. The third-order valence-corrected chi connectivity index (χ3v) is 3.29. The van der Waals surface area contributed by atoms with E-state index in [1.54, 1.807) is 6.20 Å². The molecule has 1 amide bonds. The van der Waals surface area contributed by atoms with Crippen LogP contribution in [0.1, 0.15) is 26.5 Å². The molecule has 6 nitrogen and oxygen atoms in total. The van der Waals surface area contributed by atoms with Gasteiger partial charge in [-0.1, -0.05) is 37.7 Å². The molecular weight excluding hydrogens is 276 g/mol. The lowest BCUT2D eigenvalue weighted by molar-refractivity contribution is 0.152. The van der Waals surface area contributed by atoms with E-state index in [4.69, 9.17) is 4.84 Å². The summed E-state index contributed by atoms with van der Waals surface area (Å²) in [4.78, 5) is 24.4. The quantitative estimate of drug-likeness (QED) is 0.304. The van der Waals surface area contributed by atoms with Crippen LogP contribution in [0, 0.1) is 12.3 Å². The molecule has 0 aromatic carbocycles. The molecule has 0 spiro atoms. The minimum atomic E-state index is -0.580. The van der Waals surface area contributed by atoms with Crippen LogP contribution in [0.2, 0.25) is 0 Å². The van der Waals surface area contributed by atoms with Gasteiger partial charge in [-0.25, -0.2) is 14.8 Å². The van der Waals surface area contributed by atoms with Crippen molar-refractivity contribution in [3.8, 4) is 0 Å². The predicted octanol–water partition coefficient (Wildman–Crippen LogP) is 2.64. The SMILES string of the molecule is CNC(=O)ON=C(CSc1nccc(C)n1)C(C)(C)C. The van der Waals surface area contributed by atoms with Crippen molar-refractivity contribution in [1.29, 1.82) is 0 Å². The molecule has 1 aromatic heterocycles. The van der Waals surface area contributed by atoms with Gasteiger partial charge < -0.3 is 5.32 Å². The Hall–Kier alpha value is -1.63. The van der Waals surface area contributed by atoms with E-state index in [1.165, 1.54) is 18.8 Å². The molecule has 0 aliphatic rings. The number of oxime groups is 1. The third kappa shape index (κ3) is 5.56. The summed E-state index contributed by atoms with van der Waals surface area (Å²) in [5, 5.41) is 6.97. The first-order valence-electron chi connectivity index (χ1n) is 6.21. The number of amides is 1. The average molecular weight is 296 g/mol. The van der Waals surface area contributed by atoms with E-state index in [0.717, 1.165) is 11.4 Å². The maximum atomic E-state index is 11.1. The number of carbonyl (C=O) groups excluding carboxylic acids is 1. The van der Waals surface area contributed by atoms with Crippen LogP contribution >= 0.6 is 11.8 Å². The van der Waals surface area contributed by atoms with Crippen molar-refractivity contribution >= 4 is 23.6 Å². The third-order valence-electron chi connectivity index (χ3n) is 2.42. The Kier molecular flexibility index (Phi) is 5.94. The number of nitrogens with zero attached hydrogens (tertiary/aromatic N) is 3. The smallest absolute Gasteiger partial charge is 0.323 e. The van der Waals surface area contributed by atoms with Crippen molar-refractivity contribution in [2.45, 2.75) is 32.9 Å². The lowest BCUT2D eigenvalue weighted by atomic mass is 9.91. The van der Waals surface area contributed by atoms with Gasteiger partial charge in [-0.3, -0.25) is 4.84 Å². The van der Waals surface area contributed by atoms with E-state index in [1.807, 2.05) is 33.8 Å². The second-order valence-corrected chi connectivity index (χ2v) is 6.13. The monoisotopic (exact) mass is 296 g/mol. The molecule has 7 heteroatoms. The highest BCUT2D eigenvalue weighted by Crippen LogP contribution is 2.22. The zero-order valence-corrected chi connectivity index (χ0v) is 13.2. The molecule has 0 aliphatic carbocycles. The molecule has 1 aromatic rings. The van der Waals surface area contributed by atoms with Crippen LogP contribution < -0.4 is 5.32 Å². The molecule has 20 heavy (non-hydrogen) atoms. The number of hydrogen-bond donors (Lipinski definition) is 1. The van der Waals surface area contributed by atoms with Crippen molar-refractivity contribution in [2.75, 3.05) is 12.8 Å². The predicted molar refractivity (Wildman–Crippen MR) is 79.9 cm³/mol. The molecule has 0 fully saturated rings.